The van der Waals surface area contributed by atoms with Gasteiger partial charge in [-0.2, -0.15) is 5.10 Å². The van der Waals surface area contributed by atoms with Gasteiger partial charge in [0.05, 0.1) is 25.4 Å². The van der Waals surface area contributed by atoms with Crippen molar-refractivity contribution < 1.29 is 9.21 Å². The highest BCUT2D eigenvalue weighted by atomic mass is 16.3. The number of furan rings is 1. The Morgan fingerprint density at radius 1 is 1.44 bits per heavy atom. The zero-order chi connectivity index (χ0) is 17.8. The SMILES string of the molecule is Cc1nc(C)n(C[C@H]2CCCCN2[C@@H](C)C(=O)NCc2ccco2)n1. The van der Waals surface area contributed by atoms with Crippen molar-refractivity contribution in [2.24, 2.45) is 0 Å². The average Bonchev–Trinajstić information content (AvgIpc) is 3.22. The second-order valence-corrected chi connectivity index (χ2v) is 6.75. The molecule has 136 valence electrons. The number of piperidine rings is 1. The first-order valence-electron chi connectivity index (χ1n) is 8.98. The van der Waals surface area contributed by atoms with Gasteiger partial charge in [-0.05, 0) is 52.3 Å². The summed E-state index contributed by atoms with van der Waals surface area (Å²) in [5.41, 5.74) is 0. The fourth-order valence-corrected chi connectivity index (χ4v) is 3.55. The third-order valence-electron chi connectivity index (χ3n) is 4.91. The van der Waals surface area contributed by atoms with E-state index < -0.39 is 0 Å². The fourth-order valence-electron chi connectivity index (χ4n) is 3.55. The quantitative estimate of drug-likeness (QED) is 0.867. The van der Waals surface area contributed by atoms with E-state index in [1.54, 1.807) is 6.26 Å². The molecule has 2 aromatic heterocycles. The van der Waals surface area contributed by atoms with Gasteiger partial charge in [0.15, 0.2) is 0 Å². The van der Waals surface area contributed by atoms with E-state index in [1.165, 1.54) is 6.42 Å². The molecule has 0 spiro atoms. The molecule has 1 aliphatic heterocycles. The van der Waals surface area contributed by atoms with Gasteiger partial charge in [-0.15, -0.1) is 0 Å². The zero-order valence-electron chi connectivity index (χ0n) is 15.2. The maximum atomic E-state index is 12.6. The van der Waals surface area contributed by atoms with E-state index in [-0.39, 0.29) is 11.9 Å². The Labute approximate surface area is 148 Å². The predicted octanol–water partition coefficient (Wildman–Crippen LogP) is 2.05. The number of aryl methyl sites for hydroxylation is 2. The second-order valence-electron chi connectivity index (χ2n) is 6.75. The van der Waals surface area contributed by atoms with Crippen molar-refractivity contribution in [1.29, 1.82) is 0 Å². The molecule has 3 rings (SSSR count). The minimum absolute atomic E-state index is 0.0368. The molecule has 0 unspecified atom stereocenters. The summed E-state index contributed by atoms with van der Waals surface area (Å²) in [4.78, 5) is 19.3. The molecule has 1 aliphatic rings. The van der Waals surface area contributed by atoms with Crippen LogP contribution < -0.4 is 5.32 Å². The summed E-state index contributed by atoms with van der Waals surface area (Å²) in [7, 11) is 0. The molecule has 0 aromatic carbocycles. The van der Waals surface area contributed by atoms with Crippen LogP contribution in [0.2, 0.25) is 0 Å². The number of nitrogens with zero attached hydrogens (tertiary/aromatic N) is 4. The molecule has 25 heavy (non-hydrogen) atoms. The predicted molar refractivity (Wildman–Crippen MR) is 93.9 cm³/mol. The van der Waals surface area contributed by atoms with E-state index in [0.717, 1.165) is 43.3 Å². The topological polar surface area (TPSA) is 76.2 Å². The Hall–Kier alpha value is -2.15. The molecule has 1 N–H and O–H groups in total. The van der Waals surface area contributed by atoms with E-state index in [0.29, 0.717) is 12.6 Å². The van der Waals surface area contributed by atoms with Crippen LogP contribution in [0.15, 0.2) is 22.8 Å². The van der Waals surface area contributed by atoms with E-state index in [2.05, 4.69) is 20.3 Å². The maximum absolute atomic E-state index is 12.6. The lowest BCUT2D eigenvalue weighted by atomic mass is 9.99. The summed E-state index contributed by atoms with van der Waals surface area (Å²) < 4.78 is 7.24. The van der Waals surface area contributed by atoms with Gasteiger partial charge < -0.3 is 9.73 Å². The minimum atomic E-state index is -0.176. The Kier molecular flexibility index (Phi) is 5.53. The zero-order valence-corrected chi connectivity index (χ0v) is 15.2. The van der Waals surface area contributed by atoms with Gasteiger partial charge in [-0.3, -0.25) is 9.69 Å². The Morgan fingerprint density at radius 3 is 2.96 bits per heavy atom. The number of hydrogen-bond donors (Lipinski definition) is 1. The highest BCUT2D eigenvalue weighted by Gasteiger charge is 2.31. The largest absolute Gasteiger partial charge is 0.467 e. The summed E-state index contributed by atoms with van der Waals surface area (Å²) in [5, 5.41) is 7.45. The number of nitrogens with one attached hydrogen (secondary N) is 1. The summed E-state index contributed by atoms with van der Waals surface area (Å²) in [6, 6.07) is 3.82. The molecular formula is C18H27N5O2. The third kappa shape index (κ3) is 4.28. The Morgan fingerprint density at radius 2 is 2.28 bits per heavy atom. The van der Waals surface area contributed by atoms with Crippen molar-refractivity contribution in [2.45, 2.75) is 65.2 Å². The molecule has 0 bridgehead atoms. The normalized spacial score (nSPS) is 19.7. The Balaban J connectivity index is 1.62. The van der Waals surface area contributed by atoms with Crippen LogP contribution in [0.4, 0.5) is 0 Å². The van der Waals surface area contributed by atoms with E-state index in [4.69, 9.17) is 4.42 Å². The van der Waals surface area contributed by atoms with Crippen LogP contribution >= 0.6 is 0 Å². The first-order chi connectivity index (χ1) is 12.0. The van der Waals surface area contributed by atoms with Crippen LogP contribution in [-0.2, 0) is 17.9 Å². The van der Waals surface area contributed by atoms with Crippen molar-refractivity contribution in [2.75, 3.05) is 6.54 Å². The van der Waals surface area contributed by atoms with Gasteiger partial charge in [0.2, 0.25) is 5.91 Å². The van der Waals surface area contributed by atoms with Gasteiger partial charge >= 0.3 is 0 Å². The summed E-state index contributed by atoms with van der Waals surface area (Å²) in [5.74, 6) is 2.53. The van der Waals surface area contributed by atoms with E-state index >= 15 is 0 Å². The highest BCUT2D eigenvalue weighted by molar-refractivity contribution is 5.81. The molecule has 1 amide bonds. The molecule has 2 aromatic rings. The van der Waals surface area contributed by atoms with Gasteiger partial charge in [0.25, 0.3) is 0 Å². The molecule has 2 atom stereocenters. The molecule has 7 nitrogen and oxygen atoms in total. The van der Waals surface area contributed by atoms with Gasteiger partial charge in [0, 0.05) is 6.04 Å². The van der Waals surface area contributed by atoms with Crippen molar-refractivity contribution >= 4 is 5.91 Å². The van der Waals surface area contributed by atoms with Gasteiger partial charge in [-0.25, -0.2) is 9.67 Å². The number of rotatable bonds is 6. The lowest BCUT2D eigenvalue weighted by molar-refractivity contribution is -0.127. The van der Waals surface area contributed by atoms with Crippen molar-refractivity contribution in [1.82, 2.24) is 25.0 Å². The number of hydrogen-bond acceptors (Lipinski definition) is 5. The highest BCUT2D eigenvalue weighted by Crippen LogP contribution is 2.21. The van der Waals surface area contributed by atoms with E-state index in [9.17, 15) is 4.79 Å². The molecule has 1 fully saturated rings. The van der Waals surface area contributed by atoms with Crippen LogP contribution in [0.3, 0.4) is 0 Å². The molecule has 3 heterocycles. The van der Waals surface area contributed by atoms with Crippen LogP contribution in [-0.4, -0.2) is 44.2 Å². The summed E-state index contributed by atoms with van der Waals surface area (Å²) in [6.45, 7) is 8.01. The minimum Gasteiger partial charge on any atom is -0.467 e. The number of aromatic nitrogens is 3. The number of likely N-dealkylation sites (tertiary alicyclic amines) is 1. The molecule has 1 saturated heterocycles. The standard InChI is InChI=1S/C18H27N5O2/c1-13(18(24)19-11-17-8-6-10-25-17)22-9-5-4-7-16(22)12-23-15(3)20-14(2)21-23/h6,8,10,13,16H,4-5,7,9,11-12H2,1-3H3,(H,19,24)/t13-,16+/m0/s1. The number of amides is 1. The second kappa shape index (κ2) is 7.82. The summed E-state index contributed by atoms with van der Waals surface area (Å²) >= 11 is 0. The first-order valence-corrected chi connectivity index (χ1v) is 8.98. The fraction of sp³-hybridized carbons (Fsp3) is 0.611. The number of carbonyl (C=O) groups is 1. The molecule has 0 saturated carbocycles. The lowest BCUT2D eigenvalue weighted by Crippen LogP contribution is -2.52. The van der Waals surface area contributed by atoms with Crippen LogP contribution in [0.5, 0.6) is 0 Å². The van der Waals surface area contributed by atoms with Crippen LogP contribution in [0, 0.1) is 13.8 Å². The third-order valence-corrected chi connectivity index (χ3v) is 4.91. The van der Waals surface area contributed by atoms with Gasteiger partial charge in [0.1, 0.15) is 17.4 Å². The molecule has 7 heteroatoms. The van der Waals surface area contributed by atoms with Crippen LogP contribution in [0.1, 0.15) is 43.6 Å². The van der Waals surface area contributed by atoms with E-state index in [1.807, 2.05) is 37.6 Å². The number of carbonyl (C=O) groups excluding carboxylic acids is 1. The average molecular weight is 345 g/mol. The molecule has 0 radical (unpaired) electrons. The van der Waals surface area contributed by atoms with Gasteiger partial charge in [-0.1, -0.05) is 6.42 Å². The monoisotopic (exact) mass is 345 g/mol. The lowest BCUT2D eigenvalue weighted by Gasteiger charge is -2.39. The van der Waals surface area contributed by atoms with Crippen molar-refractivity contribution in [3.8, 4) is 0 Å². The smallest absolute Gasteiger partial charge is 0.237 e. The molecular weight excluding hydrogens is 318 g/mol. The van der Waals surface area contributed by atoms with Crippen LogP contribution in [0.25, 0.3) is 0 Å². The Bertz CT molecular complexity index is 694. The first kappa shape index (κ1) is 17.7. The maximum Gasteiger partial charge on any atom is 0.237 e. The molecule has 0 aliphatic carbocycles. The van der Waals surface area contributed by atoms with Crippen molar-refractivity contribution in [3.05, 3.63) is 35.8 Å². The summed E-state index contributed by atoms with van der Waals surface area (Å²) in [6.07, 6.45) is 5.01. The van der Waals surface area contributed by atoms with Crippen molar-refractivity contribution in [3.63, 3.8) is 0 Å².